The molecule has 0 amide bonds. The molecule has 3 heterocycles. The quantitative estimate of drug-likeness (QED) is 0.178. The molecule has 1 N–H and O–H groups in total. The van der Waals surface area contributed by atoms with Gasteiger partial charge in [0.1, 0.15) is 35.4 Å². The molecule has 238 valence electrons. The van der Waals surface area contributed by atoms with Gasteiger partial charge in [0.05, 0.1) is 34.9 Å². The lowest BCUT2D eigenvalue weighted by molar-refractivity contribution is -0.137. The molecule has 0 bridgehead atoms. The summed E-state index contributed by atoms with van der Waals surface area (Å²) in [6, 6.07) is 7.05. The van der Waals surface area contributed by atoms with Gasteiger partial charge in [-0.05, 0) is 48.4 Å². The number of aromatic nitrogens is 4. The van der Waals surface area contributed by atoms with E-state index >= 15 is 8.78 Å². The van der Waals surface area contributed by atoms with Gasteiger partial charge in [0.2, 0.25) is 5.88 Å². The van der Waals surface area contributed by atoms with Crippen LogP contribution in [0.25, 0.3) is 22.4 Å². The lowest BCUT2D eigenvalue weighted by Gasteiger charge is -2.27. The van der Waals surface area contributed by atoms with Crippen LogP contribution >= 0.6 is 0 Å². The molecule has 1 fully saturated rings. The highest BCUT2D eigenvalue weighted by atomic mass is 19.4. The van der Waals surface area contributed by atoms with Gasteiger partial charge in [0.15, 0.2) is 11.6 Å². The van der Waals surface area contributed by atoms with Crippen molar-refractivity contribution < 1.29 is 50.1 Å². The molecule has 46 heavy (non-hydrogen) atoms. The number of rotatable bonds is 9. The molecule has 1 saturated heterocycles. The largest absolute Gasteiger partial charge is 0.478 e. The minimum absolute atomic E-state index is 0.127. The van der Waals surface area contributed by atoms with Gasteiger partial charge in [0.25, 0.3) is 0 Å². The smallest absolute Gasteiger partial charge is 0.416 e. The summed E-state index contributed by atoms with van der Waals surface area (Å²) in [7, 11) is 0. The molecular formula is C31H21F7N4O4. The second-order valence-corrected chi connectivity index (χ2v) is 10.5. The standard InChI is InChI=1S/C31H21F7N4O4/c32-21-11-18(31(36,37)38)2-1-15(21)14-46-27-3-5-39-29(41-27)20-12-22(33)16(7-23(20)34)10-26-40-28-24(35)8-17(30(43)44)9-25(28)42(26)13-19-4-6-45-19/h1-3,5,7-9,11-12,19H,4,6,10,13-14H2,(H,43,44). The fourth-order valence-electron chi connectivity index (χ4n) is 4.93. The SMILES string of the molecule is O=C(O)c1cc(F)c2nc(Cc3cc(F)c(-c4nccc(OCc5ccc(C(F)(F)F)cc5F)n4)cc3F)n(CC3CCO3)c2c1. The first-order chi connectivity index (χ1) is 21.9. The number of halogens is 7. The van der Waals surface area contributed by atoms with E-state index in [4.69, 9.17) is 9.47 Å². The third kappa shape index (κ3) is 6.22. The number of carbonyl (C=O) groups is 1. The van der Waals surface area contributed by atoms with Gasteiger partial charge >= 0.3 is 12.1 Å². The molecule has 1 unspecified atom stereocenters. The molecule has 0 radical (unpaired) electrons. The summed E-state index contributed by atoms with van der Waals surface area (Å²) in [5, 5.41) is 9.39. The summed E-state index contributed by atoms with van der Waals surface area (Å²) in [5.41, 5.74) is -2.10. The Morgan fingerprint density at radius 2 is 1.72 bits per heavy atom. The molecule has 1 aliphatic heterocycles. The molecule has 15 heteroatoms. The maximum Gasteiger partial charge on any atom is 0.416 e. The van der Waals surface area contributed by atoms with E-state index in [9.17, 15) is 31.9 Å². The normalized spacial score (nSPS) is 14.8. The van der Waals surface area contributed by atoms with E-state index in [2.05, 4.69) is 15.0 Å². The third-order valence-corrected chi connectivity index (χ3v) is 7.42. The topological polar surface area (TPSA) is 99.4 Å². The van der Waals surface area contributed by atoms with Crippen LogP contribution in [-0.2, 0) is 30.5 Å². The molecule has 8 nitrogen and oxygen atoms in total. The fraction of sp³-hybridized carbons (Fsp3) is 0.226. The van der Waals surface area contributed by atoms with Crippen LogP contribution in [0, 0.1) is 23.3 Å². The van der Waals surface area contributed by atoms with Gasteiger partial charge in [-0.3, -0.25) is 0 Å². The summed E-state index contributed by atoms with van der Waals surface area (Å²) in [6.07, 6.45) is -3.38. The molecular weight excluding hydrogens is 625 g/mol. The lowest BCUT2D eigenvalue weighted by Crippen LogP contribution is -2.31. The summed E-state index contributed by atoms with van der Waals surface area (Å²) in [4.78, 5) is 23.8. The first-order valence-corrected chi connectivity index (χ1v) is 13.7. The number of alkyl halides is 3. The molecule has 1 atom stereocenters. The van der Waals surface area contributed by atoms with E-state index in [1.54, 1.807) is 0 Å². The first kappa shape index (κ1) is 31.0. The third-order valence-electron chi connectivity index (χ3n) is 7.42. The van der Waals surface area contributed by atoms with Crippen LogP contribution in [0.4, 0.5) is 30.7 Å². The highest BCUT2D eigenvalue weighted by Gasteiger charge is 2.31. The Bertz CT molecular complexity index is 1980. The Morgan fingerprint density at radius 3 is 2.39 bits per heavy atom. The zero-order valence-corrected chi connectivity index (χ0v) is 23.4. The Hall–Kier alpha value is -5.05. The van der Waals surface area contributed by atoms with Crippen LogP contribution in [-0.4, -0.2) is 43.3 Å². The highest BCUT2D eigenvalue weighted by molar-refractivity contribution is 5.92. The molecule has 3 aromatic carbocycles. The second kappa shape index (κ2) is 12.0. The number of imidazole rings is 1. The minimum Gasteiger partial charge on any atom is -0.478 e. The highest BCUT2D eigenvalue weighted by Crippen LogP contribution is 2.31. The van der Waals surface area contributed by atoms with Gasteiger partial charge in [-0.25, -0.2) is 32.3 Å². The maximum absolute atomic E-state index is 15.4. The van der Waals surface area contributed by atoms with Crippen LogP contribution in [0.5, 0.6) is 5.88 Å². The first-order valence-electron chi connectivity index (χ1n) is 13.7. The minimum atomic E-state index is -4.72. The van der Waals surface area contributed by atoms with Crippen LogP contribution in [0.1, 0.15) is 39.3 Å². The average Bonchev–Trinajstić information content (AvgIpc) is 3.32. The summed E-state index contributed by atoms with van der Waals surface area (Å²) in [5.74, 6) is -5.48. The van der Waals surface area contributed by atoms with Crippen LogP contribution in [0.15, 0.2) is 54.7 Å². The maximum atomic E-state index is 15.4. The number of fused-ring (bicyclic) bond motifs is 1. The molecule has 0 spiro atoms. The number of hydrogen-bond acceptors (Lipinski definition) is 6. The Kier molecular flexibility index (Phi) is 8.10. The number of ether oxygens (including phenoxy) is 2. The van der Waals surface area contributed by atoms with Crippen molar-refractivity contribution in [2.24, 2.45) is 0 Å². The summed E-state index contributed by atoms with van der Waals surface area (Å²) < 4.78 is 111. The average molecular weight is 647 g/mol. The Morgan fingerprint density at radius 1 is 0.957 bits per heavy atom. The monoisotopic (exact) mass is 646 g/mol. The summed E-state index contributed by atoms with van der Waals surface area (Å²) >= 11 is 0. The Balaban J connectivity index is 1.26. The van der Waals surface area contributed by atoms with Crippen molar-refractivity contribution in [3.63, 3.8) is 0 Å². The van der Waals surface area contributed by atoms with Gasteiger partial charge in [0, 0.05) is 30.9 Å². The van der Waals surface area contributed by atoms with Gasteiger partial charge < -0.3 is 19.1 Å². The van der Waals surface area contributed by atoms with Crippen LogP contribution in [0.3, 0.4) is 0 Å². The van der Waals surface area contributed by atoms with E-state index in [1.807, 2.05) is 0 Å². The lowest BCUT2D eigenvalue weighted by atomic mass is 10.1. The number of hydrogen-bond donors (Lipinski definition) is 1. The molecule has 0 saturated carbocycles. The predicted octanol–water partition coefficient (Wildman–Crippen LogP) is 6.73. The number of nitrogens with zero attached hydrogens (tertiary/aromatic N) is 4. The number of carboxylic acids is 1. The van der Waals surface area contributed by atoms with Crippen molar-refractivity contribution in [3.05, 3.63) is 106 Å². The fourth-order valence-corrected chi connectivity index (χ4v) is 4.93. The van der Waals surface area contributed by atoms with E-state index < -0.39 is 47.6 Å². The van der Waals surface area contributed by atoms with Crippen molar-refractivity contribution in [1.82, 2.24) is 19.5 Å². The van der Waals surface area contributed by atoms with Gasteiger partial charge in [-0.1, -0.05) is 6.07 Å². The van der Waals surface area contributed by atoms with Gasteiger partial charge in [-0.15, -0.1) is 0 Å². The summed E-state index contributed by atoms with van der Waals surface area (Å²) in [6.45, 7) is 0.202. The number of carboxylic acid groups (broad SMARTS) is 1. The van der Waals surface area contributed by atoms with Crippen molar-refractivity contribution in [2.75, 3.05) is 6.61 Å². The zero-order chi connectivity index (χ0) is 32.7. The molecule has 0 aliphatic carbocycles. The predicted molar refractivity (Wildman–Crippen MR) is 147 cm³/mol. The van der Waals surface area contributed by atoms with Gasteiger partial charge in [-0.2, -0.15) is 18.2 Å². The zero-order valence-electron chi connectivity index (χ0n) is 23.4. The van der Waals surface area contributed by atoms with E-state index in [-0.39, 0.29) is 69.9 Å². The Labute approximate surface area is 255 Å². The molecule has 5 aromatic rings. The molecule has 2 aromatic heterocycles. The number of benzene rings is 3. The van der Waals surface area contributed by atoms with E-state index in [1.165, 1.54) is 22.9 Å². The van der Waals surface area contributed by atoms with Crippen molar-refractivity contribution in [1.29, 1.82) is 0 Å². The molecule has 6 rings (SSSR count). The second-order valence-electron chi connectivity index (χ2n) is 10.5. The van der Waals surface area contributed by atoms with Crippen LogP contribution < -0.4 is 4.74 Å². The van der Waals surface area contributed by atoms with Crippen LogP contribution in [0.2, 0.25) is 0 Å². The molecule has 1 aliphatic rings. The van der Waals surface area contributed by atoms with Crippen molar-refractivity contribution >= 4 is 17.0 Å². The van der Waals surface area contributed by atoms with Crippen molar-refractivity contribution in [2.45, 2.75) is 38.3 Å². The number of aromatic carboxylic acids is 1. The van der Waals surface area contributed by atoms with Crippen molar-refractivity contribution in [3.8, 4) is 17.3 Å². The van der Waals surface area contributed by atoms with E-state index in [0.717, 1.165) is 24.3 Å². The van der Waals surface area contributed by atoms with E-state index in [0.29, 0.717) is 25.2 Å².